The Morgan fingerprint density at radius 2 is 1.02 bits per heavy atom. The molecular formula is C32H60N2O6. The fourth-order valence-corrected chi connectivity index (χ4v) is 8.63. The van der Waals surface area contributed by atoms with E-state index >= 15 is 0 Å². The third-order valence-electron chi connectivity index (χ3n) is 9.54. The molecule has 0 atom stereocenters. The van der Waals surface area contributed by atoms with Gasteiger partial charge in [0.25, 0.3) is 0 Å². The van der Waals surface area contributed by atoms with Crippen molar-refractivity contribution >= 4 is 11.9 Å². The lowest BCUT2D eigenvalue weighted by molar-refractivity contribution is -0.304. The molecule has 2 aliphatic heterocycles. The first-order chi connectivity index (χ1) is 18.4. The minimum atomic E-state index is -0.874. The number of rotatable bonds is 15. The highest BCUT2D eigenvalue weighted by Gasteiger charge is 2.61. The largest absolute Gasteiger partial charge is 0.481 e. The summed E-state index contributed by atoms with van der Waals surface area (Å²) in [6.07, 6.45) is 8.10. The van der Waals surface area contributed by atoms with Crippen LogP contribution in [0.15, 0.2) is 0 Å². The van der Waals surface area contributed by atoms with Gasteiger partial charge in [-0.3, -0.25) is 19.3 Å². The maximum Gasteiger partial charge on any atom is 0.310 e. The lowest BCUT2D eigenvalue weighted by Gasteiger charge is -2.61. The van der Waals surface area contributed by atoms with Crippen LogP contribution < -0.4 is 0 Å². The Labute approximate surface area is 244 Å². The maximum atomic E-state index is 13.8. The van der Waals surface area contributed by atoms with Crippen LogP contribution in [0.5, 0.6) is 0 Å². The standard InChI is InChI=1S/C32H60N2O6/c1-11-39-33-28(3,4)20-24(21-29(33,5)6)32(27(37)38,19-17-15-13-14-16-18-26(35)36)25-22-30(7,8)34(40-12-2)31(9,10)23-25/h24-25H,11-23H2,1-10H3,(H,35,36)(H,37,38). The van der Waals surface area contributed by atoms with Crippen LogP contribution in [-0.2, 0) is 19.3 Å². The van der Waals surface area contributed by atoms with Gasteiger partial charge in [-0.1, -0.05) is 25.7 Å². The van der Waals surface area contributed by atoms with Gasteiger partial charge in [0, 0.05) is 28.6 Å². The Hall–Kier alpha value is -1.22. The van der Waals surface area contributed by atoms with Crippen molar-refractivity contribution in [2.45, 2.75) is 162 Å². The zero-order chi connectivity index (χ0) is 30.6. The van der Waals surface area contributed by atoms with Crippen molar-refractivity contribution in [2.24, 2.45) is 17.3 Å². The lowest BCUT2D eigenvalue weighted by Crippen LogP contribution is -2.67. The monoisotopic (exact) mass is 568 g/mol. The number of hydroxylamine groups is 4. The molecule has 0 spiro atoms. The van der Waals surface area contributed by atoms with Gasteiger partial charge < -0.3 is 10.2 Å². The van der Waals surface area contributed by atoms with Crippen LogP contribution in [0.1, 0.15) is 140 Å². The van der Waals surface area contributed by atoms with Crippen molar-refractivity contribution in [1.82, 2.24) is 10.1 Å². The molecule has 8 nitrogen and oxygen atoms in total. The highest BCUT2D eigenvalue weighted by molar-refractivity contribution is 5.76. The zero-order valence-corrected chi connectivity index (χ0v) is 27.3. The van der Waals surface area contributed by atoms with Gasteiger partial charge >= 0.3 is 11.9 Å². The van der Waals surface area contributed by atoms with Crippen LogP contribution in [0.4, 0.5) is 0 Å². The second-order valence-corrected chi connectivity index (χ2v) is 14.9. The molecule has 2 rings (SSSR count). The Kier molecular flexibility index (Phi) is 11.7. The van der Waals surface area contributed by atoms with E-state index < -0.39 is 17.4 Å². The first-order valence-electron chi connectivity index (χ1n) is 15.7. The summed E-state index contributed by atoms with van der Waals surface area (Å²) >= 11 is 0. The molecular weight excluding hydrogens is 508 g/mol. The van der Waals surface area contributed by atoms with Crippen LogP contribution in [0, 0.1) is 17.3 Å². The second-order valence-electron chi connectivity index (χ2n) is 14.9. The van der Waals surface area contributed by atoms with Gasteiger partial charge in [0.05, 0.1) is 18.6 Å². The third kappa shape index (κ3) is 7.78. The minimum Gasteiger partial charge on any atom is -0.481 e. The number of carboxylic acids is 2. The molecule has 0 aromatic heterocycles. The van der Waals surface area contributed by atoms with Crippen LogP contribution in [0.2, 0.25) is 0 Å². The maximum absolute atomic E-state index is 13.8. The molecule has 0 radical (unpaired) electrons. The van der Waals surface area contributed by atoms with Crippen LogP contribution in [0.3, 0.4) is 0 Å². The summed E-state index contributed by atoms with van der Waals surface area (Å²) in [6.45, 7) is 22.7. The van der Waals surface area contributed by atoms with Crippen molar-refractivity contribution in [3.05, 3.63) is 0 Å². The third-order valence-corrected chi connectivity index (χ3v) is 9.54. The summed E-state index contributed by atoms with van der Waals surface area (Å²) in [7, 11) is 0. The summed E-state index contributed by atoms with van der Waals surface area (Å²) in [4.78, 5) is 37.0. The number of nitrogens with zero attached hydrogens (tertiary/aromatic N) is 2. The fourth-order valence-electron chi connectivity index (χ4n) is 8.63. The normalized spacial score (nSPS) is 23.8. The molecule has 234 valence electrons. The molecule has 0 aliphatic carbocycles. The van der Waals surface area contributed by atoms with E-state index in [2.05, 4.69) is 65.5 Å². The molecule has 0 aromatic rings. The van der Waals surface area contributed by atoms with E-state index in [9.17, 15) is 14.7 Å². The van der Waals surface area contributed by atoms with Gasteiger partial charge in [0.1, 0.15) is 0 Å². The van der Waals surface area contributed by atoms with E-state index in [0.29, 0.717) is 26.1 Å². The Bertz CT molecular complexity index is 770. The first-order valence-corrected chi connectivity index (χ1v) is 15.7. The number of unbranched alkanes of at least 4 members (excludes halogenated alkanes) is 4. The van der Waals surface area contributed by atoms with E-state index in [1.807, 2.05) is 13.8 Å². The highest BCUT2D eigenvalue weighted by atomic mass is 16.7. The van der Waals surface area contributed by atoms with Crippen molar-refractivity contribution in [2.75, 3.05) is 13.2 Å². The van der Waals surface area contributed by atoms with Crippen LogP contribution in [0.25, 0.3) is 0 Å². The van der Waals surface area contributed by atoms with E-state index in [1.165, 1.54) is 0 Å². The Morgan fingerprint density at radius 1 is 0.675 bits per heavy atom. The number of piperidine rings is 2. The summed E-state index contributed by atoms with van der Waals surface area (Å²) in [5.74, 6) is -1.43. The first kappa shape index (κ1) is 35.0. The molecule has 0 amide bonds. The fraction of sp³-hybridized carbons (Fsp3) is 0.938. The van der Waals surface area contributed by atoms with E-state index in [-0.39, 0.29) is 40.4 Å². The molecule has 40 heavy (non-hydrogen) atoms. The molecule has 2 aliphatic rings. The van der Waals surface area contributed by atoms with Gasteiger partial charge in [-0.05, 0) is 120 Å². The zero-order valence-electron chi connectivity index (χ0n) is 27.3. The summed E-state index contributed by atoms with van der Waals surface area (Å²) in [6, 6.07) is 0. The van der Waals surface area contributed by atoms with Gasteiger partial charge in [-0.2, -0.15) is 10.1 Å². The summed E-state index contributed by atoms with van der Waals surface area (Å²) in [5, 5.41) is 24.5. The number of aliphatic carboxylic acids is 2. The molecule has 2 fully saturated rings. The Balaban J connectivity index is 2.48. The SMILES string of the molecule is CCON1C(C)(C)CC(C(CCCCCCCC(=O)O)(C(=O)O)C2CC(C)(C)N(OCC)C(C)(C)C2)CC1(C)C. The number of carbonyl (C=O) groups is 2. The number of carboxylic acid groups (broad SMARTS) is 2. The van der Waals surface area contributed by atoms with Crippen LogP contribution in [-0.4, -0.2) is 67.6 Å². The van der Waals surface area contributed by atoms with Gasteiger partial charge in [-0.15, -0.1) is 0 Å². The minimum absolute atomic E-state index is 0.00559. The van der Waals surface area contributed by atoms with Crippen molar-refractivity contribution in [1.29, 1.82) is 0 Å². The van der Waals surface area contributed by atoms with Crippen LogP contribution >= 0.6 is 0 Å². The molecule has 0 aromatic carbocycles. The average molecular weight is 569 g/mol. The molecule has 2 saturated heterocycles. The molecule has 2 heterocycles. The van der Waals surface area contributed by atoms with Crippen molar-refractivity contribution < 1.29 is 29.5 Å². The smallest absolute Gasteiger partial charge is 0.310 e. The quantitative estimate of drug-likeness (QED) is 0.198. The molecule has 0 saturated carbocycles. The van der Waals surface area contributed by atoms with E-state index in [4.69, 9.17) is 14.8 Å². The molecule has 8 heteroatoms. The summed E-state index contributed by atoms with van der Waals surface area (Å²) < 4.78 is 0. The average Bonchev–Trinajstić information content (AvgIpc) is 2.79. The van der Waals surface area contributed by atoms with E-state index in [1.54, 1.807) is 0 Å². The van der Waals surface area contributed by atoms with Crippen molar-refractivity contribution in [3.8, 4) is 0 Å². The van der Waals surface area contributed by atoms with Crippen molar-refractivity contribution in [3.63, 3.8) is 0 Å². The predicted molar refractivity (Wildman–Crippen MR) is 159 cm³/mol. The lowest BCUT2D eigenvalue weighted by atomic mass is 9.52. The second kappa shape index (κ2) is 13.4. The van der Waals surface area contributed by atoms with Gasteiger partial charge in [0.15, 0.2) is 0 Å². The Morgan fingerprint density at radius 3 is 1.35 bits per heavy atom. The van der Waals surface area contributed by atoms with Gasteiger partial charge in [0.2, 0.25) is 0 Å². The summed E-state index contributed by atoms with van der Waals surface area (Å²) in [5.41, 5.74) is -2.11. The molecule has 0 unspecified atom stereocenters. The van der Waals surface area contributed by atoms with E-state index in [0.717, 1.165) is 51.4 Å². The molecule has 0 bridgehead atoms. The highest BCUT2D eigenvalue weighted by Crippen LogP contribution is 2.58. The topological polar surface area (TPSA) is 99.5 Å². The number of hydrogen-bond acceptors (Lipinski definition) is 6. The number of hydrogen-bond donors (Lipinski definition) is 2. The molecule has 2 N–H and O–H groups in total. The predicted octanol–water partition coefficient (Wildman–Crippen LogP) is 7.31. The van der Waals surface area contributed by atoms with Gasteiger partial charge in [-0.25, -0.2) is 0 Å².